The second-order valence-electron chi connectivity index (χ2n) is 7.19. The van der Waals surface area contributed by atoms with Crippen LogP contribution in [-0.4, -0.2) is 18.0 Å². The molecule has 0 radical (unpaired) electrons. The van der Waals surface area contributed by atoms with Crippen molar-refractivity contribution in [2.24, 2.45) is 0 Å². The highest BCUT2D eigenvalue weighted by Gasteiger charge is 2.44. The molecule has 1 nitrogen and oxygen atoms in total. The van der Waals surface area contributed by atoms with Crippen molar-refractivity contribution in [1.29, 1.82) is 0 Å². The van der Waals surface area contributed by atoms with E-state index in [1.165, 1.54) is 47.5 Å². The number of hydrogen-bond acceptors (Lipinski definition) is 1. The molecule has 1 saturated heterocycles. The average molecular weight is 372 g/mol. The molecule has 1 aliphatic heterocycles. The third kappa shape index (κ3) is 3.57. The lowest BCUT2D eigenvalue weighted by atomic mass is 10.4. The van der Waals surface area contributed by atoms with Gasteiger partial charge in [0.05, 0.1) is 5.82 Å². The Kier molecular flexibility index (Phi) is 5.41. The first-order chi connectivity index (χ1) is 13.3. The fourth-order valence-corrected chi connectivity index (χ4v) is 8.08. The van der Waals surface area contributed by atoms with Crippen LogP contribution in [0.4, 0.5) is 0 Å². The van der Waals surface area contributed by atoms with Crippen molar-refractivity contribution in [1.82, 2.24) is 4.90 Å². The molecule has 0 atom stereocenters. The van der Waals surface area contributed by atoms with Crippen LogP contribution < -0.4 is 15.9 Å². The van der Waals surface area contributed by atoms with Crippen LogP contribution in [0.1, 0.15) is 19.8 Å². The van der Waals surface area contributed by atoms with E-state index in [4.69, 9.17) is 0 Å². The molecule has 0 spiro atoms. The minimum Gasteiger partial charge on any atom is -0.372 e. The van der Waals surface area contributed by atoms with Crippen LogP contribution in [-0.2, 0) is 0 Å². The largest absolute Gasteiger partial charge is 0.372 e. The molecule has 0 N–H and O–H groups in total. The summed E-state index contributed by atoms with van der Waals surface area (Å²) in [6, 6.07) is 33.2. The molecule has 0 amide bonds. The van der Waals surface area contributed by atoms with E-state index in [2.05, 4.69) is 109 Å². The highest BCUT2D eigenvalue weighted by atomic mass is 31.2. The molecule has 0 bridgehead atoms. The van der Waals surface area contributed by atoms with Crippen molar-refractivity contribution in [3.8, 4) is 0 Å². The fraction of sp³-hybridized carbons (Fsp3) is 0.200. The van der Waals surface area contributed by atoms with E-state index in [1.807, 2.05) is 0 Å². The monoisotopic (exact) mass is 372 g/mol. The van der Waals surface area contributed by atoms with E-state index >= 15 is 0 Å². The maximum Gasteiger partial charge on any atom is 0.138 e. The third-order valence-corrected chi connectivity index (χ3v) is 9.57. The average Bonchev–Trinajstić information content (AvgIpc) is 3.29. The summed E-state index contributed by atoms with van der Waals surface area (Å²) in [5.41, 5.74) is 1.41. The molecule has 2 heteroatoms. The lowest BCUT2D eigenvalue weighted by molar-refractivity contribution is 0.429. The van der Waals surface area contributed by atoms with Gasteiger partial charge in [-0.05, 0) is 56.2 Å². The highest BCUT2D eigenvalue weighted by molar-refractivity contribution is 7.98. The van der Waals surface area contributed by atoms with Crippen molar-refractivity contribution in [2.75, 3.05) is 13.1 Å². The van der Waals surface area contributed by atoms with Crippen LogP contribution in [0.3, 0.4) is 0 Å². The predicted molar refractivity (Wildman–Crippen MR) is 120 cm³/mol. The maximum atomic E-state index is 2.60. The van der Waals surface area contributed by atoms with Crippen LogP contribution in [0, 0.1) is 0 Å². The van der Waals surface area contributed by atoms with Crippen LogP contribution in [0.25, 0.3) is 0 Å². The molecule has 0 unspecified atom stereocenters. The van der Waals surface area contributed by atoms with Crippen LogP contribution in [0.5, 0.6) is 0 Å². The topological polar surface area (TPSA) is 3.24 Å². The summed E-state index contributed by atoms with van der Waals surface area (Å²) < 4.78 is 0. The van der Waals surface area contributed by atoms with Crippen molar-refractivity contribution < 1.29 is 0 Å². The van der Waals surface area contributed by atoms with Gasteiger partial charge in [-0.25, -0.2) is 0 Å². The Morgan fingerprint density at radius 2 is 1.04 bits per heavy atom. The summed E-state index contributed by atoms with van der Waals surface area (Å²) in [4.78, 5) is 2.56. The second kappa shape index (κ2) is 8.11. The van der Waals surface area contributed by atoms with Gasteiger partial charge < -0.3 is 4.90 Å². The summed E-state index contributed by atoms with van der Waals surface area (Å²) in [6.45, 7) is 4.66. The molecule has 4 rings (SSSR count). The van der Waals surface area contributed by atoms with Crippen molar-refractivity contribution >= 4 is 23.2 Å². The minimum atomic E-state index is -1.87. The molecule has 3 aromatic carbocycles. The number of hydrogen-bond donors (Lipinski definition) is 0. The van der Waals surface area contributed by atoms with Gasteiger partial charge in [0.15, 0.2) is 0 Å². The first kappa shape index (κ1) is 18.0. The molecule has 136 valence electrons. The summed E-state index contributed by atoms with van der Waals surface area (Å²) in [6.07, 6.45) is 2.61. The molecular formula is C25H27NP+. The molecule has 0 aliphatic carbocycles. The van der Waals surface area contributed by atoms with E-state index in [0.29, 0.717) is 0 Å². The number of benzene rings is 3. The van der Waals surface area contributed by atoms with E-state index in [1.54, 1.807) is 0 Å². The maximum absolute atomic E-state index is 2.60. The summed E-state index contributed by atoms with van der Waals surface area (Å²) in [7, 11) is -1.87. The Balaban J connectivity index is 1.99. The first-order valence-electron chi connectivity index (χ1n) is 9.81. The summed E-state index contributed by atoms with van der Waals surface area (Å²) >= 11 is 0. The van der Waals surface area contributed by atoms with E-state index in [9.17, 15) is 0 Å². The molecule has 1 heterocycles. The zero-order valence-electron chi connectivity index (χ0n) is 16.0. The van der Waals surface area contributed by atoms with Gasteiger partial charge in [0.25, 0.3) is 0 Å². The summed E-state index contributed by atoms with van der Waals surface area (Å²) in [5, 5.41) is 4.25. The zero-order valence-corrected chi connectivity index (χ0v) is 16.9. The molecule has 3 aromatic rings. The van der Waals surface area contributed by atoms with Gasteiger partial charge in [0.2, 0.25) is 0 Å². The van der Waals surface area contributed by atoms with Crippen molar-refractivity contribution in [3.05, 3.63) is 103 Å². The fourth-order valence-electron chi connectivity index (χ4n) is 4.09. The zero-order chi connectivity index (χ0) is 18.5. The second-order valence-corrected chi connectivity index (χ2v) is 10.4. The highest BCUT2D eigenvalue weighted by Crippen LogP contribution is 2.57. The lowest BCUT2D eigenvalue weighted by Crippen LogP contribution is -2.31. The molecule has 1 aliphatic rings. The SMILES string of the molecule is C/C(=C\[P+](c1ccccc1)(c1ccccc1)c1ccccc1)N1CCCC1. The van der Waals surface area contributed by atoms with Crippen molar-refractivity contribution in [2.45, 2.75) is 19.8 Å². The number of likely N-dealkylation sites (tertiary alicyclic amines) is 1. The molecular weight excluding hydrogens is 345 g/mol. The van der Waals surface area contributed by atoms with Crippen molar-refractivity contribution in [3.63, 3.8) is 0 Å². The normalized spacial score (nSPS) is 15.1. The Bertz CT molecular complexity index is 785. The van der Waals surface area contributed by atoms with Gasteiger partial charge in [0, 0.05) is 18.8 Å². The van der Waals surface area contributed by atoms with Gasteiger partial charge in [-0.1, -0.05) is 54.6 Å². The number of nitrogens with zero attached hydrogens (tertiary/aromatic N) is 1. The van der Waals surface area contributed by atoms with Gasteiger partial charge in [-0.2, -0.15) is 0 Å². The van der Waals surface area contributed by atoms with Gasteiger partial charge in [0.1, 0.15) is 23.2 Å². The van der Waals surface area contributed by atoms with Gasteiger partial charge in [-0.3, -0.25) is 0 Å². The number of allylic oxidation sites excluding steroid dienone is 1. The van der Waals surface area contributed by atoms with E-state index in [0.717, 1.165) is 0 Å². The Hall–Kier alpha value is -2.37. The van der Waals surface area contributed by atoms with Gasteiger partial charge in [-0.15, -0.1) is 0 Å². The van der Waals surface area contributed by atoms with Crippen LogP contribution >= 0.6 is 7.26 Å². The molecule has 1 fully saturated rings. The Labute approximate surface area is 163 Å². The quantitative estimate of drug-likeness (QED) is 0.574. The van der Waals surface area contributed by atoms with Crippen LogP contribution in [0.15, 0.2) is 103 Å². The molecule has 27 heavy (non-hydrogen) atoms. The molecule has 0 aromatic heterocycles. The Morgan fingerprint density at radius 1 is 0.667 bits per heavy atom. The van der Waals surface area contributed by atoms with E-state index in [-0.39, 0.29) is 0 Å². The smallest absolute Gasteiger partial charge is 0.138 e. The van der Waals surface area contributed by atoms with Gasteiger partial charge >= 0.3 is 0 Å². The standard InChI is InChI=1S/C25H27NP/c1-22(26-19-11-12-20-26)21-27(23-13-5-2-6-14-23,24-15-7-3-8-16-24)25-17-9-4-10-18-25/h2-10,13-18,21H,11-12,19-20H2,1H3/q+1/b22-21+. The summed E-state index contributed by atoms with van der Waals surface area (Å²) in [5.74, 6) is 2.60. The number of rotatable bonds is 5. The molecule has 0 saturated carbocycles. The minimum absolute atomic E-state index is 1.18. The van der Waals surface area contributed by atoms with Crippen LogP contribution in [0.2, 0.25) is 0 Å². The Morgan fingerprint density at radius 3 is 1.41 bits per heavy atom. The van der Waals surface area contributed by atoms with E-state index < -0.39 is 7.26 Å². The third-order valence-electron chi connectivity index (χ3n) is 5.48. The first-order valence-corrected chi connectivity index (χ1v) is 11.7. The lowest BCUT2D eigenvalue weighted by Gasteiger charge is -2.27. The predicted octanol–water partition coefficient (Wildman–Crippen LogP) is 4.94.